The summed E-state index contributed by atoms with van der Waals surface area (Å²) in [7, 11) is 0. The van der Waals surface area contributed by atoms with E-state index in [9.17, 15) is 19.2 Å². The normalized spacial score (nSPS) is 15.5. The van der Waals surface area contributed by atoms with Gasteiger partial charge in [0.2, 0.25) is 11.8 Å². The topological polar surface area (TPSA) is 102 Å². The first-order chi connectivity index (χ1) is 14.1. The molecule has 0 radical (unpaired) electrons. The van der Waals surface area contributed by atoms with Crippen LogP contribution in [0.15, 0.2) is 30.3 Å². The van der Waals surface area contributed by atoms with Crippen molar-refractivity contribution >= 4 is 23.9 Å². The molecule has 1 aliphatic heterocycles. The largest absolute Gasteiger partial charge is 0.460 e. The Labute approximate surface area is 176 Å². The van der Waals surface area contributed by atoms with Gasteiger partial charge in [-0.05, 0) is 39.2 Å². The first kappa shape index (κ1) is 23.4. The zero-order chi connectivity index (χ0) is 22.1. The number of ether oxygens (including phenoxy) is 2. The molecule has 1 aromatic carbocycles. The van der Waals surface area contributed by atoms with E-state index in [1.54, 1.807) is 20.8 Å². The number of piperidine rings is 1. The van der Waals surface area contributed by atoms with Crippen molar-refractivity contribution in [3.63, 3.8) is 0 Å². The van der Waals surface area contributed by atoms with Gasteiger partial charge in [-0.1, -0.05) is 30.3 Å². The van der Waals surface area contributed by atoms with E-state index < -0.39 is 23.7 Å². The molecule has 164 valence electrons. The van der Waals surface area contributed by atoms with Crippen LogP contribution < -0.4 is 5.32 Å². The van der Waals surface area contributed by atoms with Crippen molar-refractivity contribution < 1.29 is 28.7 Å². The Morgan fingerprint density at radius 2 is 1.73 bits per heavy atom. The lowest BCUT2D eigenvalue weighted by atomic mass is 10.1. The van der Waals surface area contributed by atoms with Crippen LogP contribution >= 0.6 is 0 Å². The van der Waals surface area contributed by atoms with Crippen LogP contribution in [0.25, 0.3) is 0 Å². The lowest BCUT2D eigenvalue weighted by Gasteiger charge is -2.27. The van der Waals surface area contributed by atoms with Crippen LogP contribution in [0.1, 0.15) is 58.4 Å². The number of hydrogen-bond acceptors (Lipinski definition) is 6. The Morgan fingerprint density at radius 1 is 1.10 bits per heavy atom. The van der Waals surface area contributed by atoms with E-state index in [1.165, 1.54) is 4.90 Å². The van der Waals surface area contributed by atoms with Crippen LogP contribution in [0, 0.1) is 0 Å². The van der Waals surface area contributed by atoms with Gasteiger partial charge in [0.05, 0.1) is 6.42 Å². The summed E-state index contributed by atoms with van der Waals surface area (Å²) in [5, 5.41) is 2.66. The SMILES string of the molecule is CC(C)(C)OC(=O)CC(CCN1C(=O)CCCC1=O)NC(=O)OCc1ccccc1. The standard InChI is InChI=1S/C22H30N2O6/c1-22(2,3)30-20(27)14-17(12-13-24-18(25)10-7-11-19(24)26)23-21(28)29-15-16-8-5-4-6-9-16/h4-6,8-9,17H,7,10-15H2,1-3H3,(H,23,28). The number of rotatable bonds is 8. The molecule has 0 aliphatic carbocycles. The second kappa shape index (κ2) is 10.8. The second-order valence-electron chi connectivity index (χ2n) is 8.27. The minimum Gasteiger partial charge on any atom is -0.460 e. The minimum atomic E-state index is -0.677. The molecule has 8 heteroatoms. The maximum Gasteiger partial charge on any atom is 0.407 e. The van der Waals surface area contributed by atoms with Gasteiger partial charge in [0.1, 0.15) is 12.2 Å². The highest BCUT2D eigenvalue weighted by Crippen LogP contribution is 2.15. The van der Waals surface area contributed by atoms with Gasteiger partial charge >= 0.3 is 12.1 Å². The fourth-order valence-corrected chi connectivity index (χ4v) is 3.08. The molecule has 0 bridgehead atoms. The maximum atomic E-state index is 12.2. The van der Waals surface area contributed by atoms with Crippen molar-refractivity contribution in [3.8, 4) is 0 Å². The smallest absolute Gasteiger partial charge is 0.407 e. The van der Waals surface area contributed by atoms with Crippen LogP contribution in [0.4, 0.5) is 4.79 Å². The minimum absolute atomic E-state index is 0.0894. The van der Waals surface area contributed by atoms with Crippen molar-refractivity contribution in [2.45, 2.75) is 71.1 Å². The van der Waals surface area contributed by atoms with Gasteiger partial charge in [-0.15, -0.1) is 0 Å². The molecule has 1 N–H and O–H groups in total. The van der Waals surface area contributed by atoms with E-state index in [0.717, 1.165) is 5.56 Å². The lowest BCUT2D eigenvalue weighted by Crippen LogP contribution is -2.45. The Hall–Kier alpha value is -2.90. The van der Waals surface area contributed by atoms with Gasteiger partial charge in [-0.2, -0.15) is 0 Å². The van der Waals surface area contributed by atoms with Crippen LogP contribution in [0.3, 0.4) is 0 Å². The lowest BCUT2D eigenvalue weighted by molar-refractivity contribution is -0.155. The Bertz CT molecular complexity index is 741. The van der Waals surface area contributed by atoms with E-state index in [4.69, 9.17) is 9.47 Å². The molecule has 1 atom stereocenters. The highest BCUT2D eigenvalue weighted by molar-refractivity contribution is 5.97. The number of hydrogen-bond donors (Lipinski definition) is 1. The number of imide groups is 1. The molecule has 0 aromatic heterocycles. The molecule has 1 unspecified atom stereocenters. The van der Waals surface area contributed by atoms with E-state index >= 15 is 0 Å². The zero-order valence-electron chi connectivity index (χ0n) is 17.8. The summed E-state index contributed by atoms with van der Waals surface area (Å²) in [5.74, 6) is -0.935. The third kappa shape index (κ3) is 8.23. The van der Waals surface area contributed by atoms with Crippen molar-refractivity contribution in [2.75, 3.05) is 6.54 Å². The fourth-order valence-electron chi connectivity index (χ4n) is 3.08. The zero-order valence-corrected chi connectivity index (χ0v) is 17.8. The van der Waals surface area contributed by atoms with Gasteiger partial charge < -0.3 is 14.8 Å². The Morgan fingerprint density at radius 3 is 2.33 bits per heavy atom. The summed E-state index contributed by atoms with van der Waals surface area (Å²) in [6.45, 7) is 5.49. The quantitative estimate of drug-likeness (QED) is 0.514. The summed E-state index contributed by atoms with van der Waals surface area (Å²) in [5.41, 5.74) is 0.176. The third-order valence-corrected chi connectivity index (χ3v) is 4.45. The molecule has 1 aliphatic rings. The number of carbonyl (C=O) groups is 4. The first-order valence-corrected chi connectivity index (χ1v) is 10.2. The summed E-state index contributed by atoms with van der Waals surface area (Å²) in [4.78, 5) is 49.7. The maximum absolute atomic E-state index is 12.2. The molecule has 0 spiro atoms. The van der Waals surface area contributed by atoms with Crippen LogP contribution in [0.5, 0.6) is 0 Å². The Kier molecular flexibility index (Phi) is 8.38. The summed E-state index contributed by atoms with van der Waals surface area (Å²) in [6.07, 6.45) is 0.679. The molecular weight excluding hydrogens is 388 g/mol. The predicted octanol–water partition coefficient (Wildman–Crippen LogP) is 2.94. The van der Waals surface area contributed by atoms with Crippen LogP contribution in [-0.4, -0.2) is 47.0 Å². The number of carbonyl (C=O) groups excluding carboxylic acids is 4. The third-order valence-electron chi connectivity index (χ3n) is 4.45. The average Bonchev–Trinajstić information content (AvgIpc) is 2.65. The molecule has 1 saturated heterocycles. The van der Waals surface area contributed by atoms with Crippen molar-refractivity contribution in [3.05, 3.63) is 35.9 Å². The molecule has 2 rings (SSSR count). The number of nitrogens with zero attached hydrogens (tertiary/aromatic N) is 1. The predicted molar refractivity (Wildman–Crippen MR) is 109 cm³/mol. The second-order valence-corrected chi connectivity index (χ2v) is 8.27. The highest BCUT2D eigenvalue weighted by Gasteiger charge is 2.28. The molecule has 8 nitrogen and oxygen atoms in total. The Balaban J connectivity index is 1.95. The molecule has 3 amide bonds. The van der Waals surface area contributed by atoms with E-state index in [0.29, 0.717) is 19.3 Å². The molecule has 1 fully saturated rings. The number of esters is 1. The summed E-state index contributed by atoms with van der Waals surface area (Å²) in [6, 6.07) is 8.58. The van der Waals surface area contributed by atoms with E-state index in [-0.39, 0.29) is 37.8 Å². The van der Waals surface area contributed by atoms with E-state index in [1.807, 2.05) is 30.3 Å². The van der Waals surface area contributed by atoms with Crippen molar-refractivity contribution in [1.82, 2.24) is 10.2 Å². The number of amides is 3. The average molecular weight is 418 g/mol. The molecule has 1 heterocycles. The first-order valence-electron chi connectivity index (χ1n) is 10.2. The number of nitrogens with one attached hydrogen (secondary N) is 1. The highest BCUT2D eigenvalue weighted by atomic mass is 16.6. The molecule has 1 aromatic rings. The van der Waals surface area contributed by atoms with Gasteiger partial charge in [0.25, 0.3) is 0 Å². The summed E-state index contributed by atoms with van der Waals surface area (Å²) >= 11 is 0. The van der Waals surface area contributed by atoms with Crippen LogP contribution in [-0.2, 0) is 30.5 Å². The van der Waals surface area contributed by atoms with Gasteiger partial charge in [-0.3, -0.25) is 19.3 Å². The van der Waals surface area contributed by atoms with Crippen LogP contribution in [0.2, 0.25) is 0 Å². The fraction of sp³-hybridized carbons (Fsp3) is 0.545. The van der Waals surface area contributed by atoms with Gasteiger partial charge in [-0.25, -0.2) is 4.79 Å². The molecule has 30 heavy (non-hydrogen) atoms. The molecule has 0 saturated carbocycles. The van der Waals surface area contributed by atoms with Crippen molar-refractivity contribution in [2.24, 2.45) is 0 Å². The number of likely N-dealkylation sites (tertiary alicyclic amines) is 1. The summed E-state index contributed by atoms with van der Waals surface area (Å²) < 4.78 is 10.6. The monoisotopic (exact) mass is 418 g/mol. The van der Waals surface area contributed by atoms with E-state index in [2.05, 4.69) is 5.32 Å². The van der Waals surface area contributed by atoms with Crippen molar-refractivity contribution in [1.29, 1.82) is 0 Å². The number of benzene rings is 1. The van der Waals surface area contributed by atoms with Gasteiger partial charge in [0.15, 0.2) is 0 Å². The molecular formula is C22H30N2O6. The van der Waals surface area contributed by atoms with Gasteiger partial charge in [0, 0.05) is 25.4 Å². The number of alkyl carbamates (subject to hydrolysis) is 1.